The highest BCUT2D eigenvalue weighted by atomic mass is 127. The van der Waals surface area contributed by atoms with Crippen LogP contribution in [0.15, 0.2) is 34.8 Å². The van der Waals surface area contributed by atoms with Crippen LogP contribution in [0.4, 0.5) is 4.39 Å². The molecule has 5 nitrogen and oxygen atoms in total. The van der Waals surface area contributed by atoms with Gasteiger partial charge < -0.3 is 15.2 Å². The van der Waals surface area contributed by atoms with Crippen LogP contribution in [0.3, 0.4) is 0 Å². The summed E-state index contributed by atoms with van der Waals surface area (Å²) in [6, 6.07) is 4.84. The van der Waals surface area contributed by atoms with Crippen molar-refractivity contribution in [2.75, 3.05) is 20.1 Å². The molecule has 0 aliphatic carbocycles. The summed E-state index contributed by atoms with van der Waals surface area (Å²) in [4.78, 5) is 14.5. The molecule has 0 aliphatic rings. The second-order valence-corrected chi connectivity index (χ2v) is 7.27. The van der Waals surface area contributed by atoms with E-state index in [1.165, 1.54) is 12.1 Å². The van der Waals surface area contributed by atoms with Crippen LogP contribution in [0.2, 0.25) is 0 Å². The number of guanidine groups is 1. The fourth-order valence-electron chi connectivity index (χ4n) is 2.92. The first-order valence-electron chi connectivity index (χ1n) is 8.72. The van der Waals surface area contributed by atoms with E-state index in [9.17, 15) is 4.39 Å². The van der Waals surface area contributed by atoms with Crippen molar-refractivity contribution in [3.05, 3.63) is 51.9 Å². The molecule has 2 aromatic heterocycles. The lowest BCUT2D eigenvalue weighted by atomic mass is 10.1. The smallest absolute Gasteiger partial charge is 0.194 e. The van der Waals surface area contributed by atoms with E-state index in [2.05, 4.69) is 32.5 Å². The molecule has 0 spiro atoms. The van der Waals surface area contributed by atoms with Gasteiger partial charge in [-0.2, -0.15) is 0 Å². The second kappa shape index (κ2) is 10.0. The van der Waals surface area contributed by atoms with Gasteiger partial charge in [-0.05, 0) is 44.0 Å². The van der Waals surface area contributed by atoms with Crippen LogP contribution in [0.1, 0.15) is 23.2 Å². The first kappa shape index (κ1) is 21.6. The average Bonchev–Trinajstić information content (AvgIpc) is 3.20. The molecule has 0 radical (unpaired) electrons. The van der Waals surface area contributed by atoms with Gasteiger partial charge in [0.25, 0.3) is 0 Å². The number of halogens is 2. The molecule has 146 valence electrons. The Balaban J connectivity index is 0.00000261. The average molecular weight is 501 g/mol. The van der Waals surface area contributed by atoms with Gasteiger partial charge in [-0.3, -0.25) is 4.99 Å². The van der Waals surface area contributed by atoms with Crippen LogP contribution in [0, 0.1) is 12.7 Å². The summed E-state index contributed by atoms with van der Waals surface area (Å²) in [5.41, 5.74) is 3.03. The third kappa shape index (κ3) is 5.65. The number of aromatic nitrogens is 2. The Kier molecular flexibility index (Phi) is 8.03. The van der Waals surface area contributed by atoms with Gasteiger partial charge in [0, 0.05) is 42.6 Å². The van der Waals surface area contributed by atoms with E-state index in [4.69, 9.17) is 4.99 Å². The summed E-state index contributed by atoms with van der Waals surface area (Å²) in [5.74, 6) is 0.640. The number of aryl methyl sites for hydroxylation is 1. The quantitative estimate of drug-likeness (QED) is 0.301. The molecule has 0 unspecified atom stereocenters. The first-order valence-corrected chi connectivity index (χ1v) is 9.60. The number of hydrogen-bond acceptors (Lipinski definition) is 3. The zero-order chi connectivity index (χ0) is 18.5. The molecule has 0 saturated carbocycles. The largest absolute Gasteiger partial charge is 0.361 e. The Morgan fingerprint density at radius 1 is 1.41 bits per heavy atom. The van der Waals surface area contributed by atoms with E-state index < -0.39 is 0 Å². The van der Waals surface area contributed by atoms with Crippen LogP contribution in [0.25, 0.3) is 10.9 Å². The SMILES string of the molecule is CCNC(=NCCc1c[nH]c2cc(F)ccc12)N(C)Cc1csc(C)n1.I. The third-order valence-electron chi connectivity index (χ3n) is 4.13. The van der Waals surface area contributed by atoms with Crippen molar-refractivity contribution in [1.29, 1.82) is 0 Å². The lowest BCUT2D eigenvalue weighted by molar-refractivity contribution is 0.471. The van der Waals surface area contributed by atoms with E-state index in [0.29, 0.717) is 6.54 Å². The van der Waals surface area contributed by atoms with Crippen molar-refractivity contribution in [3.63, 3.8) is 0 Å². The summed E-state index contributed by atoms with van der Waals surface area (Å²) in [7, 11) is 2.02. The maximum Gasteiger partial charge on any atom is 0.194 e. The van der Waals surface area contributed by atoms with Crippen molar-refractivity contribution in [3.8, 4) is 0 Å². The first-order chi connectivity index (χ1) is 12.6. The van der Waals surface area contributed by atoms with E-state index >= 15 is 0 Å². The van der Waals surface area contributed by atoms with E-state index in [-0.39, 0.29) is 29.8 Å². The molecule has 0 fully saturated rings. The highest BCUT2D eigenvalue weighted by Gasteiger charge is 2.09. The van der Waals surface area contributed by atoms with Crippen molar-refractivity contribution in [1.82, 2.24) is 20.2 Å². The van der Waals surface area contributed by atoms with Crippen LogP contribution in [0.5, 0.6) is 0 Å². The molecule has 2 N–H and O–H groups in total. The normalized spacial score (nSPS) is 11.5. The van der Waals surface area contributed by atoms with E-state index in [1.54, 1.807) is 11.3 Å². The van der Waals surface area contributed by atoms with Gasteiger partial charge in [0.15, 0.2) is 5.96 Å². The van der Waals surface area contributed by atoms with E-state index in [0.717, 1.165) is 52.6 Å². The minimum atomic E-state index is -0.225. The van der Waals surface area contributed by atoms with Crippen LogP contribution in [-0.4, -0.2) is 41.0 Å². The zero-order valence-corrected chi connectivity index (χ0v) is 18.9. The van der Waals surface area contributed by atoms with Crippen LogP contribution < -0.4 is 5.32 Å². The van der Waals surface area contributed by atoms with Crippen molar-refractivity contribution >= 4 is 52.2 Å². The van der Waals surface area contributed by atoms with Gasteiger partial charge in [0.1, 0.15) is 5.82 Å². The predicted molar refractivity (Wildman–Crippen MR) is 122 cm³/mol. The minimum Gasteiger partial charge on any atom is -0.361 e. The van der Waals surface area contributed by atoms with Gasteiger partial charge in [-0.15, -0.1) is 35.3 Å². The summed E-state index contributed by atoms with van der Waals surface area (Å²) in [5, 5.41) is 7.54. The van der Waals surface area contributed by atoms with E-state index in [1.807, 2.05) is 26.2 Å². The third-order valence-corrected chi connectivity index (χ3v) is 4.96. The molecule has 0 aliphatic heterocycles. The number of nitrogens with one attached hydrogen (secondary N) is 2. The summed E-state index contributed by atoms with van der Waals surface area (Å²) >= 11 is 1.66. The molecule has 0 saturated heterocycles. The van der Waals surface area contributed by atoms with Gasteiger partial charge >= 0.3 is 0 Å². The number of benzene rings is 1. The Bertz CT molecular complexity index is 905. The van der Waals surface area contributed by atoms with Gasteiger partial charge in [0.2, 0.25) is 0 Å². The highest BCUT2D eigenvalue weighted by molar-refractivity contribution is 14.0. The molecule has 0 amide bonds. The lowest BCUT2D eigenvalue weighted by Crippen LogP contribution is -2.38. The molecule has 3 rings (SSSR count). The van der Waals surface area contributed by atoms with Crippen LogP contribution in [-0.2, 0) is 13.0 Å². The number of aromatic amines is 1. The van der Waals surface area contributed by atoms with Crippen molar-refractivity contribution < 1.29 is 4.39 Å². The Hall–Kier alpha value is -1.68. The molecule has 0 bridgehead atoms. The molecule has 3 aromatic rings. The summed E-state index contributed by atoms with van der Waals surface area (Å²) < 4.78 is 13.3. The number of nitrogens with zero attached hydrogens (tertiary/aromatic N) is 3. The Morgan fingerprint density at radius 3 is 2.93 bits per heavy atom. The number of aliphatic imine (C=N–C) groups is 1. The fraction of sp³-hybridized carbons (Fsp3) is 0.368. The van der Waals surface area contributed by atoms with Gasteiger partial charge in [0.05, 0.1) is 17.2 Å². The molecule has 8 heteroatoms. The molecular formula is C19H25FIN5S. The Morgan fingerprint density at radius 2 is 2.22 bits per heavy atom. The number of thiazole rings is 1. The number of H-pyrrole nitrogens is 1. The summed E-state index contributed by atoms with van der Waals surface area (Å²) in [6.07, 6.45) is 2.73. The second-order valence-electron chi connectivity index (χ2n) is 6.20. The number of rotatable bonds is 6. The maximum absolute atomic E-state index is 13.3. The fourth-order valence-corrected chi connectivity index (χ4v) is 3.52. The minimum absolute atomic E-state index is 0. The van der Waals surface area contributed by atoms with Gasteiger partial charge in [-0.25, -0.2) is 9.37 Å². The monoisotopic (exact) mass is 501 g/mol. The predicted octanol–water partition coefficient (Wildman–Crippen LogP) is 4.33. The van der Waals surface area contributed by atoms with Crippen molar-refractivity contribution in [2.45, 2.75) is 26.8 Å². The molecule has 0 atom stereocenters. The number of fused-ring (bicyclic) bond motifs is 1. The lowest BCUT2D eigenvalue weighted by Gasteiger charge is -2.21. The molecular weight excluding hydrogens is 476 g/mol. The highest BCUT2D eigenvalue weighted by Crippen LogP contribution is 2.19. The molecule has 27 heavy (non-hydrogen) atoms. The Labute approximate surface area is 180 Å². The van der Waals surface area contributed by atoms with Crippen molar-refractivity contribution in [2.24, 2.45) is 4.99 Å². The van der Waals surface area contributed by atoms with Crippen LogP contribution >= 0.6 is 35.3 Å². The molecule has 2 heterocycles. The zero-order valence-electron chi connectivity index (χ0n) is 15.8. The standard InChI is InChI=1S/C19H24FN5S.HI/c1-4-21-19(25(3)11-16-12-26-13(2)24-16)22-8-7-14-10-23-18-9-15(20)5-6-17(14)18;/h5-6,9-10,12,23H,4,7-8,11H2,1-3H3,(H,21,22);1H. The van der Waals surface area contributed by atoms with Gasteiger partial charge in [-0.1, -0.05) is 0 Å². The number of hydrogen-bond donors (Lipinski definition) is 2. The molecule has 1 aromatic carbocycles. The summed E-state index contributed by atoms with van der Waals surface area (Å²) in [6.45, 7) is 6.27. The topological polar surface area (TPSA) is 56.3 Å². The maximum atomic E-state index is 13.3.